The van der Waals surface area contributed by atoms with E-state index in [0.29, 0.717) is 17.4 Å². The number of ether oxygens (including phenoxy) is 2. The molecule has 0 amide bonds. The molecule has 0 radical (unpaired) electrons. The Balaban J connectivity index is 1.43. The first-order valence-corrected chi connectivity index (χ1v) is 11.7. The topological polar surface area (TPSA) is 59.0 Å². The quantitative estimate of drug-likeness (QED) is 0.394. The molecule has 2 atom stereocenters. The second kappa shape index (κ2) is 9.46. The highest BCUT2D eigenvalue weighted by Gasteiger charge is 2.40. The Hall–Kier alpha value is -3.02. The van der Waals surface area contributed by atoms with Crippen molar-refractivity contribution in [3.63, 3.8) is 0 Å². The summed E-state index contributed by atoms with van der Waals surface area (Å²) in [5.41, 5.74) is 2.67. The number of esters is 1. The Kier molecular flexibility index (Phi) is 6.25. The summed E-state index contributed by atoms with van der Waals surface area (Å²) in [6.45, 7) is 3.90. The Morgan fingerprint density at radius 1 is 0.939 bits per heavy atom. The SMILES string of the molecule is O=C1Oc2cc(O)ccc2C(c2ccc(OCCN3CCCC3)cc2)C1c1ccc(Cl)cc1. The summed E-state index contributed by atoms with van der Waals surface area (Å²) < 4.78 is 11.6. The Morgan fingerprint density at radius 3 is 2.33 bits per heavy atom. The second-order valence-corrected chi connectivity index (χ2v) is 9.05. The van der Waals surface area contributed by atoms with Crippen molar-refractivity contribution in [2.45, 2.75) is 24.7 Å². The normalized spacial score (nSPS) is 20.3. The molecule has 1 saturated heterocycles. The van der Waals surface area contributed by atoms with Crippen molar-refractivity contribution >= 4 is 17.6 Å². The minimum absolute atomic E-state index is 0.0620. The number of rotatable bonds is 6. The summed E-state index contributed by atoms with van der Waals surface area (Å²) in [7, 11) is 0. The number of hydrogen-bond acceptors (Lipinski definition) is 5. The maximum absolute atomic E-state index is 13.1. The summed E-state index contributed by atoms with van der Waals surface area (Å²) in [4.78, 5) is 15.5. The molecule has 1 fully saturated rings. The van der Waals surface area contributed by atoms with Crippen molar-refractivity contribution in [1.82, 2.24) is 4.90 Å². The van der Waals surface area contributed by atoms with Gasteiger partial charge in [0, 0.05) is 29.1 Å². The number of hydrogen-bond donors (Lipinski definition) is 1. The number of nitrogens with zero attached hydrogens (tertiary/aromatic N) is 1. The zero-order valence-electron chi connectivity index (χ0n) is 18.2. The third-order valence-electron chi connectivity index (χ3n) is 6.47. The molecule has 2 heterocycles. The molecule has 0 aliphatic carbocycles. The van der Waals surface area contributed by atoms with Gasteiger partial charge in [-0.15, -0.1) is 0 Å². The zero-order valence-corrected chi connectivity index (χ0v) is 19.0. The number of halogens is 1. The molecular formula is C27H26ClNO4. The summed E-state index contributed by atoms with van der Waals surface area (Å²) in [6, 6.07) is 20.2. The van der Waals surface area contributed by atoms with Gasteiger partial charge in [0.2, 0.25) is 0 Å². The van der Waals surface area contributed by atoms with Crippen LogP contribution in [0.1, 0.15) is 41.4 Å². The first-order valence-electron chi connectivity index (χ1n) is 11.3. The third-order valence-corrected chi connectivity index (χ3v) is 6.73. The zero-order chi connectivity index (χ0) is 22.8. The maximum atomic E-state index is 13.1. The molecule has 0 saturated carbocycles. The minimum atomic E-state index is -0.527. The van der Waals surface area contributed by atoms with Gasteiger partial charge in [-0.3, -0.25) is 9.69 Å². The van der Waals surface area contributed by atoms with Gasteiger partial charge >= 0.3 is 5.97 Å². The third kappa shape index (κ3) is 4.70. The largest absolute Gasteiger partial charge is 0.508 e. The number of likely N-dealkylation sites (tertiary alicyclic amines) is 1. The van der Waals surface area contributed by atoms with Gasteiger partial charge < -0.3 is 14.6 Å². The van der Waals surface area contributed by atoms with Gasteiger partial charge in [-0.25, -0.2) is 0 Å². The molecule has 2 aliphatic rings. The van der Waals surface area contributed by atoms with E-state index in [4.69, 9.17) is 21.1 Å². The van der Waals surface area contributed by atoms with Crippen LogP contribution in [0.2, 0.25) is 5.02 Å². The second-order valence-electron chi connectivity index (χ2n) is 8.62. The Morgan fingerprint density at radius 2 is 1.61 bits per heavy atom. The van der Waals surface area contributed by atoms with Gasteiger partial charge in [0.25, 0.3) is 0 Å². The molecule has 0 aromatic heterocycles. The number of fused-ring (bicyclic) bond motifs is 1. The Bertz CT molecular complexity index is 1120. The highest BCUT2D eigenvalue weighted by atomic mass is 35.5. The summed E-state index contributed by atoms with van der Waals surface area (Å²) in [5.74, 6) is 0.118. The van der Waals surface area contributed by atoms with Crippen molar-refractivity contribution in [2.24, 2.45) is 0 Å². The molecule has 3 aromatic rings. The van der Waals surface area contributed by atoms with Crippen molar-refractivity contribution in [3.05, 3.63) is 88.4 Å². The molecule has 2 unspecified atom stereocenters. The van der Waals surface area contributed by atoms with Gasteiger partial charge in [-0.2, -0.15) is 0 Å². The van der Waals surface area contributed by atoms with Crippen LogP contribution in [0.25, 0.3) is 0 Å². The van der Waals surface area contributed by atoms with E-state index < -0.39 is 5.92 Å². The molecule has 6 heteroatoms. The van der Waals surface area contributed by atoms with Crippen molar-refractivity contribution in [1.29, 1.82) is 0 Å². The fourth-order valence-electron chi connectivity index (χ4n) is 4.80. The van der Waals surface area contributed by atoms with Crippen molar-refractivity contribution in [3.8, 4) is 17.2 Å². The van der Waals surface area contributed by atoms with Crippen molar-refractivity contribution in [2.75, 3.05) is 26.2 Å². The van der Waals surface area contributed by atoms with Crippen LogP contribution in [-0.4, -0.2) is 42.2 Å². The van der Waals surface area contributed by atoms with E-state index in [9.17, 15) is 9.90 Å². The average Bonchev–Trinajstić information content (AvgIpc) is 3.33. The smallest absolute Gasteiger partial charge is 0.319 e. The molecule has 0 bridgehead atoms. The van der Waals surface area contributed by atoms with E-state index in [1.54, 1.807) is 18.2 Å². The highest BCUT2D eigenvalue weighted by molar-refractivity contribution is 6.30. The molecule has 1 N–H and O–H groups in total. The lowest BCUT2D eigenvalue weighted by atomic mass is 9.75. The number of carbonyl (C=O) groups excluding carboxylic acids is 1. The fraction of sp³-hybridized carbons (Fsp3) is 0.296. The average molecular weight is 464 g/mol. The number of phenolic OH excluding ortho intramolecular Hbond substituents is 1. The lowest BCUT2D eigenvalue weighted by Crippen LogP contribution is -2.30. The van der Waals surface area contributed by atoms with Gasteiger partial charge in [0.05, 0.1) is 5.92 Å². The number of benzene rings is 3. The summed E-state index contributed by atoms with van der Waals surface area (Å²) >= 11 is 6.08. The number of phenols is 1. The predicted molar refractivity (Wildman–Crippen MR) is 127 cm³/mol. The monoisotopic (exact) mass is 463 g/mol. The summed E-state index contributed by atoms with van der Waals surface area (Å²) in [6.07, 6.45) is 2.54. The van der Waals surface area contributed by atoms with Crippen LogP contribution < -0.4 is 9.47 Å². The molecule has 5 nitrogen and oxygen atoms in total. The number of aromatic hydroxyl groups is 1. The Labute approximate surface area is 198 Å². The standard InChI is InChI=1S/C27H26ClNO4/c28-20-7-3-19(4-8-20)26-25(23-12-9-21(30)17-24(23)33-27(26)31)18-5-10-22(11-6-18)32-16-15-29-13-1-2-14-29/h3-12,17,25-26,30H,1-2,13-16H2. The van der Waals surface area contributed by atoms with Crippen LogP contribution in [0.5, 0.6) is 17.2 Å². The van der Waals surface area contributed by atoms with E-state index in [2.05, 4.69) is 4.90 Å². The van der Waals surface area contributed by atoms with Gasteiger partial charge in [0.1, 0.15) is 23.9 Å². The van der Waals surface area contributed by atoms with Crippen LogP contribution >= 0.6 is 11.6 Å². The predicted octanol–water partition coefficient (Wildman–Crippen LogP) is 5.35. The van der Waals surface area contributed by atoms with E-state index in [1.807, 2.05) is 42.5 Å². The van der Waals surface area contributed by atoms with Gasteiger partial charge in [-0.05, 0) is 67.4 Å². The van der Waals surface area contributed by atoms with Crippen molar-refractivity contribution < 1.29 is 19.4 Å². The van der Waals surface area contributed by atoms with E-state index in [1.165, 1.54) is 18.9 Å². The van der Waals surface area contributed by atoms with Crippen LogP contribution in [0, 0.1) is 0 Å². The molecule has 0 spiro atoms. The molecule has 3 aromatic carbocycles. The first kappa shape index (κ1) is 21.8. The minimum Gasteiger partial charge on any atom is -0.508 e. The van der Waals surface area contributed by atoms with E-state index in [-0.39, 0.29) is 17.6 Å². The molecule has 170 valence electrons. The van der Waals surface area contributed by atoms with Crippen LogP contribution in [0.15, 0.2) is 66.7 Å². The number of carbonyl (C=O) groups is 1. The maximum Gasteiger partial charge on any atom is 0.319 e. The van der Waals surface area contributed by atoms with E-state index in [0.717, 1.165) is 42.1 Å². The van der Waals surface area contributed by atoms with Crippen LogP contribution in [-0.2, 0) is 4.79 Å². The summed E-state index contributed by atoms with van der Waals surface area (Å²) in [5, 5.41) is 10.5. The lowest BCUT2D eigenvalue weighted by molar-refractivity contribution is -0.137. The van der Waals surface area contributed by atoms with Crippen LogP contribution in [0.4, 0.5) is 0 Å². The van der Waals surface area contributed by atoms with Gasteiger partial charge in [-0.1, -0.05) is 41.9 Å². The highest BCUT2D eigenvalue weighted by Crippen LogP contribution is 2.47. The first-order chi connectivity index (χ1) is 16.1. The molecule has 2 aliphatic heterocycles. The molecule has 5 rings (SSSR count). The lowest BCUT2D eigenvalue weighted by Gasteiger charge is -2.32. The fourth-order valence-corrected chi connectivity index (χ4v) is 4.92. The van der Waals surface area contributed by atoms with Crippen LogP contribution in [0.3, 0.4) is 0 Å². The van der Waals surface area contributed by atoms with Gasteiger partial charge in [0.15, 0.2) is 0 Å². The molecule has 33 heavy (non-hydrogen) atoms. The molecular weight excluding hydrogens is 438 g/mol. The van der Waals surface area contributed by atoms with E-state index >= 15 is 0 Å².